The van der Waals surface area contributed by atoms with Crippen LogP contribution >= 0.6 is 11.8 Å². The monoisotopic (exact) mass is 203 g/mol. The highest BCUT2D eigenvalue weighted by molar-refractivity contribution is 7.99. The summed E-state index contributed by atoms with van der Waals surface area (Å²) in [4.78, 5) is 0. The summed E-state index contributed by atoms with van der Waals surface area (Å²) >= 11 is 1.97. The summed E-state index contributed by atoms with van der Waals surface area (Å²) < 4.78 is 0. The van der Waals surface area contributed by atoms with Crippen LogP contribution in [0.4, 0.5) is 0 Å². The molecular formula is C10H21NOS. The van der Waals surface area contributed by atoms with E-state index < -0.39 is 0 Å². The summed E-state index contributed by atoms with van der Waals surface area (Å²) in [5.74, 6) is 0. The molecule has 0 aliphatic heterocycles. The van der Waals surface area contributed by atoms with Crippen LogP contribution in [0.25, 0.3) is 0 Å². The fourth-order valence-corrected chi connectivity index (χ4v) is 2.61. The summed E-state index contributed by atoms with van der Waals surface area (Å²) in [6, 6.07) is 0.854. The van der Waals surface area contributed by atoms with Gasteiger partial charge in [0.15, 0.2) is 0 Å². The Morgan fingerprint density at radius 3 is 2.54 bits per heavy atom. The van der Waals surface area contributed by atoms with Gasteiger partial charge in [0.25, 0.3) is 0 Å². The molecule has 0 heterocycles. The van der Waals surface area contributed by atoms with Crippen molar-refractivity contribution in [2.24, 2.45) is 0 Å². The number of thioether (sulfide) groups is 1. The lowest BCUT2D eigenvalue weighted by Crippen LogP contribution is -2.41. The third kappa shape index (κ3) is 3.49. The highest BCUT2D eigenvalue weighted by Gasteiger charge is 2.25. The van der Waals surface area contributed by atoms with Crippen LogP contribution in [0.5, 0.6) is 0 Å². The van der Waals surface area contributed by atoms with E-state index in [0.717, 1.165) is 5.25 Å². The number of aliphatic hydroxyl groups is 1. The van der Waals surface area contributed by atoms with E-state index in [2.05, 4.69) is 18.5 Å². The Labute approximate surface area is 85.5 Å². The van der Waals surface area contributed by atoms with Gasteiger partial charge in [-0.15, -0.1) is 0 Å². The Balaban J connectivity index is 2.23. The summed E-state index contributed by atoms with van der Waals surface area (Å²) in [6.07, 6.45) is 5.80. The van der Waals surface area contributed by atoms with E-state index in [1.54, 1.807) is 0 Å². The molecule has 0 aromatic rings. The molecule has 78 valence electrons. The average molecular weight is 203 g/mol. The lowest BCUT2D eigenvalue weighted by molar-refractivity contribution is 0.146. The molecule has 0 spiro atoms. The Morgan fingerprint density at radius 2 is 2.08 bits per heavy atom. The second-order valence-electron chi connectivity index (χ2n) is 4.06. The summed E-state index contributed by atoms with van der Waals surface area (Å²) in [6.45, 7) is 3.90. The number of aliphatic hydroxyl groups excluding tert-OH is 1. The van der Waals surface area contributed by atoms with Gasteiger partial charge in [-0.1, -0.05) is 0 Å². The first kappa shape index (κ1) is 11.3. The first-order valence-corrected chi connectivity index (χ1v) is 6.39. The van der Waals surface area contributed by atoms with Crippen molar-refractivity contribution in [1.29, 1.82) is 0 Å². The van der Waals surface area contributed by atoms with Crippen molar-refractivity contribution < 1.29 is 5.11 Å². The zero-order valence-electron chi connectivity index (χ0n) is 8.79. The second-order valence-corrected chi connectivity index (χ2v) is 5.20. The molecule has 2 nitrogen and oxygen atoms in total. The minimum atomic E-state index is -0.242. The Kier molecular flexibility index (Phi) is 4.56. The maximum atomic E-state index is 9.34. The van der Waals surface area contributed by atoms with Crippen LogP contribution in [-0.2, 0) is 0 Å². The van der Waals surface area contributed by atoms with Crippen LogP contribution in [0.2, 0.25) is 0 Å². The summed E-state index contributed by atoms with van der Waals surface area (Å²) in [7, 11) is 0. The number of nitrogens with one attached hydrogen (secondary N) is 1. The molecule has 13 heavy (non-hydrogen) atoms. The van der Waals surface area contributed by atoms with Gasteiger partial charge in [-0.2, -0.15) is 11.8 Å². The molecule has 2 N–H and O–H groups in total. The quantitative estimate of drug-likeness (QED) is 0.728. The molecular weight excluding hydrogens is 182 g/mol. The van der Waals surface area contributed by atoms with Gasteiger partial charge >= 0.3 is 0 Å². The highest BCUT2D eigenvalue weighted by Crippen LogP contribution is 2.28. The Morgan fingerprint density at radius 1 is 1.38 bits per heavy atom. The third-order valence-electron chi connectivity index (χ3n) is 2.94. The van der Waals surface area contributed by atoms with E-state index in [1.165, 1.54) is 19.3 Å². The smallest absolute Gasteiger partial charge is 0.0662 e. The van der Waals surface area contributed by atoms with Crippen LogP contribution in [0.15, 0.2) is 0 Å². The van der Waals surface area contributed by atoms with Crippen molar-refractivity contribution in [1.82, 2.24) is 5.32 Å². The van der Waals surface area contributed by atoms with E-state index in [0.29, 0.717) is 6.04 Å². The van der Waals surface area contributed by atoms with E-state index in [1.807, 2.05) is 18.7 Å². The molecule has 0 bridgehead atoms. The Bertz CT molecular complexity index is 152. The van der Waals surface area contributed by atoms with Crippen molar-refractivity contribution >= 4 is 11.8 Å². The van der Waals surface area contributed by atoms with Gasteiger partial charge in [-0.25, -0.2) is 0 Å². The van der Waals surface area contributed by atoms with Crippen molar-refractivity contribution in [3.05, 3.63) is 0 Å². The molecule has 0 aromatic carbocycles. The van der Waals surface area contributed by atoms with E-state index >= 15 is 0 Å². The lowest BCUT2D eigenvalue weighted by atomic mass is 10.1. The molecule has 0 amide bonds. The van der Waals surface area contributed by atoms with Crippen LogP contribution in [-0.4, -0.2) is 34.8 Å². The van der Waals surface area contributed by atoms with Gasteiger partial charge in [0.2, 0.25) is 0 Å². The zero-order chi connectivity index (χ0) is 9.84. The Hall–Kier alpha value is 0.270. The van der Waals surface area contributed by atoms with Gasteiger partial charge in [0.1, 0.15) is 0 Å². The highest BCUT2D eigenvalue weighted by atomic mass is 32.2. The molecule has 1 aliphatic carbocycles. The van der Waals surface area contributed by atoms with Crippen molar-refractivity contribution in [2.75, 3.05) is 6.26 Å². The molecule has 4 atom stereocenters. The molecule has 0 radical (unpaired) electrons. The van der Waals surface area contributed by atoms with Crippen LogP contribution in [0, 0.1) is 0 Å². The van der Waals surface area contributed by atoms with E-state index in [-0.39, 0.29) is 12.1 Å². The predicted molar refractivity (Wildman–Crippen MR) is 59.2 cm³/mol. The van der Waals surface area contributed by atoms with Crippen molar-refractivity contribution in [3.8, 4) is 0 Å². The molecule has 1 rings (SSSR count). The predicted octanol–water partition coefficient (Wildman–Crippen LogP) is 1.63. The summed E-state index contributed by atoms with van der Waals surface area (Å²) in [5.41, 5.74) is 0. The van der Waals surface area contributed by atoms with Crippen molar-refractivity contribution in [2.45, 2.75) is 56.5 Å². The summed E-state index contributed by atoms with van der Waals surface area (Å²) in [5, 5.41) is 13.6. The normalized spacial score (nSPS) is 33.2. The number of hydrogen-bond acceptors (Lipinski definition) is 3. The van der Waals surface area contributed by atoms with Gasteiger partial charge < -0.3 is 10.4 Å². The van der Waals surface area contributed by atoms with Crippen molar-refractivity contribution in [3.63, 3.8) is 0 Å². The lowest BCUT2D eigenvalue weighted by Gasteiger charge is -2.21. The van der Waals surface area contributed by atoms with Gasteiger partial charge in [0.05, 0.1) is 6.10 Å². The number of hydrogen-bond donors (Lipinski definition) is 2. The molecule has 1 aliphatic rings. The fraction of sp³-hybridized carbons (Fsp3) is 1.00. The van der Waals surface area contributed by atoms with E-state index in [4.69, 9.17) is 0 Å². The first-order chi connectivity index (χ1) is 6.13. The third-order valence-corrected chi connectivity index (χ3v) is 4.03. The van der Waals surface area contributed by atoms with Gasteiger partial charge in [0, 0.05) is 17.3 Å². The SMILES string of the molecule is CSC1CCC(NC(C)C(C)O)C1. The van der Waals surface area contributed by atoms with Crippen LogP contribution in [0.3, 0.4) is 0 Å². The average Bonchev–Trinajstić information content (AvgIpc) is 2.52. The standard InChI is InChI=1S/C10H21NOS/c1-7(8(2)12)11-9-4-5-10(6-9)13-3/h7-12H,4-6H2,1-3H3. The second kappa shape index (κ2) is 5.23. The molecule has 1 fully saturated rings. The maximum Gasteiger partial charge on any atom is 0.0662 e. The van der Waals surface area contributed by atoms with Crippen LogP contribution in [0.1, 0.15) is 33.1 Å². The van der Waals surface area contributed by atoms with E-state index in [9.17, 15) is 5.11 Å². The zero-order valence-corrected chi connectivity index (χ0v) is 9.60. The van der Waals surface area contributed by atoms with Crippen LogP contribution < -0.4 is 5.32 Å². The minimum Gasteiger partial charge on any atom is -0.392 e. The van der Waals surface area contributed by atoms with Gasteiger partial charge in [-0.05, 0) is 39.4 Å². The topological polar surface area (TPSA) is 32.3 Å². The molecule has 3 heteroatoms. The maximum absolute atomic E-state index is 9.34. The molecule has 4 unspecified atom stereocenters. The molecule has 0 aromatic heterocycles. The fourth-order valence-electron chi connectivity index (χ4n) is 1.82. The minimum absolute atomic E-state index is 0.227. The molecule has 1 saturated carbocycles. The van der Waals surface area contributed by atoms with Gasteiger partial charge in [-0.3, -0.25) is 0 Å². The molecule has 0 saturated heterocycles. The number of rotatable bonds is 4. The first-order valence-electron chi connectivity index (χ1n) is 5.10. The largest absolute Gasteiger partial charge is 0.392 e.